The number of amides is 3. The quantitative estimate of drug-likeness (QED) is 0.0122. The zero-order chi connectivity index (χ0) is 83.5. The molecule has 3 amide bonds. The van der Waals surface area contributed by atoms with Gasteiger partial charge in [0.15, 0.2) is 0 Å². The number of ketones is 3. The number of carbonyl (C=O) groups excluding carboxylic acids is 9. The van der Waals surface area contributed by atoms with E-state index in [-0.39, 0.29) is 6.61 Å². The average Bonchev–Trinajstić information content (AvgIpc) is 0.810. The van der Waals surface area contributed by atoms with Gasteiger partial charge in [0.25, 0.3) is 17.7 Å². The summed E-state index contributed by atoms with van der Waals surface area (Å²) in [5.74, 6) is -0.243. The Labute approximate surface area is 675 Å². The molecule has 9 rings (SSSR count). The molecule has 618 valence electrons. The molecule has 3 saturated heterocycles. The molecule has 0 aromatic heterocycles. The van der Waals surface area contributed by atoms with Gasteiger partial charge in [0.1, 0.15) is 52.6 Å². The Hall–Kier alpha value is -10.1. The lowest BCUT2D eigenvalue weighted by Gasteiger charge is -2.33. The highest BCUT2D eigenvalue weighted by Gasteiger charge is 2.40. The van der Waals surface area contributed by atoms with Gasteiger partial charge in [-0.25, -0.2) is 14.4 Å². The van der Waals surface area contributed by atoms with Crippen molar-refractivity contribution in [3.63, 3.8) is 0 Å². The minimum Gasteiger partial charge on any atom is -0.496 e. The number of rotatable bonds is 33. The standard InChI is InChI=1S/C32H43NO6.C31H41NO6.C30H39NO6/c1-21-17-25(20-28(37-5)24(21)4)13-9-7-8-12-16-39-32(36)27-14-10-11-15-33(27)31(35)29(34)26-18-22(2)30(38-6)23(3)19-26;1-20-16-24(19-27(36-5)23(20)4)12-8-7-11-15-38-31(35)26-13-9-10-14-32(26)30(34)28(33)25-17-21(2)29(37-6)22(3)18-25;1-19-15-23(18-26(35-5)22(19)4)11-8-10-14-37-30(34)25-12-7-9-13-31(25)29(33)27(32)24-16-20(2)28(36-6)21(3)17-24/h17-20,27H,7-16H2,1-6H3;16-19,26H,7-15H2,1-6H3;15-18,25H,7-14H2,1-6H3. The zero-order valence-corrected chi connectivity index (χ0v) is 70.9. The fourth-order valence-electron chi connectivity index (χ4n) is 15.6. The van der Waals surface area contributed by atoms with Crippen LogP contribution in [0.4, 0.5) is 0 Å². The number of nitrogens with zero attached hydrogens (tertiary/aromatic N) is 3. The topological polar surface area (TPSA) is 246 Å². The molecule has 6 aromatic rings. The van der Waals surface area contributed by atoms with Crippen LogP contribution in [0, 0.1) is 83.1 Å². The van der Waals surface area contributed by atoms with Crippen molar-refractivity contribution in [3.8, 4) is 34.5 Å². The second-order valence-corrected chi connectivity index (χ2v) is 30.6. The number of benzene rings is 6. The number of carbonyl (C=O) groups is 9. The van der Waals surface area contributed by atoms with E-state index in [0.29, 0.717) is 92.5 Å². The fourth-order valence-corrected chi connectivity index (χ4v) is 15.6. The molecule has 3 heterocycles. The monoisotopic (exact) mass is 1570 g/mol. The lowest BCUT2D eigenvalue weighted by molar-refractivity contribution is -0.155. The molecule has 0 aliphatic carbocycles. The van der Waals surface area contributed by atoms with Gasteiger partial charge < -0.3 is 57.3 Å². The van der Waals surface area contributed by atoms with Gasteiger partial charge in [-0.2, -0.15) is 0 Å². The van der Waals surface area contributed by atoms with Crippen LogP contribution >= 0.6 is 0 Å². The summed E-state index contributed by atoms with van der Waals surface area (Å²) in [5.41, 5.74) is 16.5. The molecule has 0 N–H and O–H groups in total. The number of hydrogen-bond donors (Lipinski definition) is 0. The average molecular weight is 1570 g/mol. The van der Waals surface area contributed by atoms with E-state index in [9.17, 15) is 43.2 Å². The second-order valence-electron chi connectivity index (χ2n) is 30.6. The molecule has 3 atom stereocenters. The summed E-state index contributed by atoms with van der Waals surface area (Å²) in [6.45, 7) is 25.5. The van der Waals surface area contributed by atoms with E-state index < -0.39 is 71.1 Å². The molecule has 114 heavy (non-hydrogen) atoms. The molecule has 21 heteroatoms. The lowest BCUT2D eigenvalue weighted by Crippen LogP contribution is -2.51. The first kappa shape index (κ1) is 91.1. The van der Waals surface area contributed by atoms with Crippen LogP contribution in [0.5, 0.6) is 34.5 Å². The molecule has 21 nitrogen and oxygen atoms in total. The molecular formula is C93H123N3O18. The molecule has 3 fully saturated rings. The largest absolute Gasteiger partial charge is 0.496 e. The van der Waals surface area contributed by atoms with Crippen molar-refractivity contribution in [1.29, 1.82) is 0 Å². The Kier molecular flexibility index (Phi) is 35.6. The fraction of sp³-hybridized carbons (Fsp3) is 0.516. The molecular weight excluding hydrogens is 1450 g/mol. The van der Waals surface area contributed by atoms with Crippen LogP contribution in [0.3, 0.4) is 0 Å². The number of Topliss-reactive ketones (excluding diaryl/α,β-unsaturated/α-hetero) is 3. The Morgan fingerprint density at radius 2 is 0.526 bits per heavy atom. The normalized spacial score (nSPS) is 15.2. The predicted molar refractivity (Wildman–Crippen MR) is 441 cm³/mol. The van der Waals surface area contributed by atoms with E-state index in [1.807, 2.05) is 48.5 Å². The summed E-state index contributed by atoms with van der Waals surface area (Å²) in [5, 5.41) is 0. The molecule has 3 aliphatic heterocycles. The zero-order valence-electron chi connectivity index (χ0n) is 70.9. The van der Waals surface area contributed by atoms with Gasteiger partial charge in [0.05, 0.1) is 62.5 Å². The molecule has 3 unspecified atom stereocenters. The van der Waals surface area contributed by atoms with E-state index >= 15 is 0 Å². The maximum atomic E-state index is 13.2. The van der Waals surface area contributed by atoms with Gasteiger partial charge in [0, 0.05) is 36.3 Å². The van der Waals surface area contributed by atoms with Crippen molar-refractivity contribution in [2.24, 2.45) is 0 Å². The number of esters is 3. The SMILES string of the molecule is COc1cc(CCCCCCOC(=O)C2CCCCN2C(=O)C(=O)c2cc(C)c(OC)c(C)c2)cc(C)c1C.COc1cc(CCCCCOC(=O)C2CCCCN2C(=O)C(=O)c2cc(C)c(OC)c(C)c2)cc(C)c1C.COc1cc(CCCCOC(=O)C2CCCCN2C(=O)C(=O)c2cc(C)c(OC)c(C)c2)cc(C)c1C. The summed E-state index contributed by atoms with van der Waals surface area (Å²) < 4.78 is 49.2. The number of methoxy groups -OCH3 is 6. The van der Waals surface area contributed by atoms with Gasteiger partial charge >= 0.3 is 17.9 Å². The highest BCUT2D eigenvalue weighted by molar-refractivity contribution is 6.44. The minimum absolute atomic E-state index is 0.282. The first-order chi connectivity index (χ1) is 54.5. The van der Waals surface area contributed by atoms with Crippen molar-refractivity contribution >= 4 is 53.0 Å². The third-order valence-corrected chi connectivity index (χ3v) is 22.2. The first-order valence-corrected chi connectivity index (χ1v) is 40.5. The van der Waals surface area contributed by atoms with Crippen LogP contribution in [-0.2, 0) is 62.2 Å². The number of hydrogen-bond acceptors (Lipinski definition) is 18. The van der Waals surface area contributed by atoms with Gasteiger partial charge in [-0.15, -0.1) is 0 Å². The van der Waals surface area contributed by atoms with Crippen molar-refractivity contribution < 1.29 is 85.8 Å². The van der Waals surface area contributed by atoms with Gasteiger partial charge in [-0.1, -0.05) is 31.0 Å². The number of ether oxygens (including phenoxy) is 9. The summed E-state index contributed by atoms with van der Waals surface area (Å²) in [6, 6.07) is 20.7. The maximum Gasteiger partial charge on any atom is 0.328 e. The third kappa shape index (κ3) is 24.5. The molecule has 3 aliphatic rings. The number of unbranched alkanes of at least 4 members (excludes halogenated alkanes) is 6. The highest BCUT2D eigenvalue weighted by Crippen LogP contribution is 2.33. The van der Waals surface area contributed by atoms with Crippen LogP contribution in [0.1, 0.15) is 230 Å². The Bertz CT molecular complexity index is 4310. The Balaban J connectivity index is 0.000000237. The van der Waals surface area contributed by atoms with Gasteiger partial charge in [-0.05, 0) is 343 Å². The van der Waals surface area contributed by atoms with Crippen molar-refractivity contribution in [2.75, 3.05) is 82.1 Å². The van der Waals surface area contributed by atoms with Crippen LogP contribution in [-0.4, -0.2) is 168 Å². The van der Waals surface area contributed by atoms with E-state index in [1.54, 1.807) is 79.1 Å². The Morgan fingerprint density at radius 3 is 0.781 bits per heavy atom. The number of likely N-dealkylation sites (tertiary alicyclic amines) is 3. The second kappa shape index (κ2) is 44.6. The van der Waals surface area contributed by atoms with Gasteiger partial charge in [0.2, 0.25) is 17.3 Å². The van der Waals surface area contributed by atoms with E-state index in [0.717, 1.165) is 171 Å². The Morgan fingerprint density at radius 1 is 0.289 bits per heavy atom. The van der Waals surface area contributed by atoms with E-state index in [1.165, 1.54) is 53.6 Å². The smallest absolute Gasteiger partial charge is 0.328 e. The molecule has 0 saturated carbocycles. The van der Waals surface area contributed by atoms with Crippen LogP contribution in [0.25, 0.3) is 0 Å². The van der Waals surface area contributed by atoms with Crippen molar-refractivity contribution in [2.45, 2.75) is 236 Å². The summed E-state index contributed by atoms with van der Waals surface area (Å²) >= 11 is 0. The first-order valence-electron chi connectivity index (χ1n) is 40.5. The number of aryl methyl sites for hydroxylation is 12. The lowest BCUT2D eigenvalue weighted by atomic mass is 9.98. The molecule has 0 radical (unpaired) electrons. The minimum atomic E-state index is -0.727. The van der Waals surface area contributed by atoms with Crippen LogP contribution in [0.2, 0.25) is 0 Å². The molecule has 0 spiro atoms. The van der Waals surface area contributed by atoms with E-state index in [4.69, 9.17) is 42.6 Å². The van der Waals surface area contributed by atoms with E-state index in [2.05, 4.69) is 71.0 Å². The molecule has 0 bridgehead atoms. The number of piperidine rings is 3. The van der Waals surface area contributed by atoms with Gasteiger partial charge in [-0.3, -0.25) is 28.8 Å². The molecule has 6 aromatic carbocycles. The summed E-state index contributed by atoms with van der Waals surface area (Å²) in [7, 11) is 9.81. The highest BCUT2D eigenvalue weighted by atomic mass is 16.5. The van der Waals surface area contributed by atoms with Crippen molar-refractivity contribution in [1.82, 2.24) is 14.7 Å². The summed E-state index contributed by atoms with van der Waals surface area (Å²) in [4.78, 5) is 122. The van der Waals surface area contributed by atoms with Crippen molar-refractivity contribution in [3.05, 3.63) is 173 Å². The maximum absolute atomic E-state index is 13.2. The third-order valence-electron chi connectivity index (χ3n) is 22.2. The summed E-state index contributed by atoms with van der Waals surface area (Å²) in [6.07, 6.45) is 17.1. The van der Waals surface area contributed by atoms with Crippen LogP contribution < -0.4 is 28.4 Å². The van der Waals surface area contributed by atoms with Crippen LogP contribution in [0.15, 0.2) is 72.8 Å². The predicted octanol–water partition coefficient (Wildman–Crippen LogP) is 16.4.